The molecular formula is C23H27N3O2S. The number of hydrogen-bond acceptors (Lipinski definition) is 5. The van der Waals surface area contributed by atoms with E-state index in [9.17, 15) is 4.79 Å². The van der Waals surface area contributed by atoms with Gasteiger partial charge in [-0.05, 0) is 39.8 Å². The molecule has 152 valence electrons. The largest absolute Gasteiger partial charge is 0.495 e. The first-order valence-corrected chi connectivity index (χ1v) is 10.5. The van der Waals surface area contributed by atoms with Crippen LogP contribution in [0.3, 0.4) is 0 Å². The lowest BCUT2D eigenvalue weighted by Gasteiger charge is -2.29. The number of rotatable bonds is 7. The standard InChI is InChI=1S/C23H27N3O2S/c1-15(2)24-22(27)17(4)26(20-8-6-7-9-21(20)28-5)23-25-19(14-29-23)18-12-10-16(3)11-13-18/h6-15,17H,1-5H3,(H,24,27). The van der Waals surface area contributed by atoms with Crippen LogP contribution in [-0.4, -0.2) is 30.1 Å². The molecule has 2 aromatic carbocycles. The highest BCUT2D eigenvalue weighted by Crippen LogP contribution is 2.38. The molecule has 1 amide bonds. The van der Waals surface area contributed by atoms with Crippen molar-refractivity contribution < 1.29 is 9.53 Å². The molecule has 3 aromatic rings. The second-order valence-electron chi connectivity index (χ2n) is 7.26. The number of para-hydroxylation sites is 2. The van der Waals surface area contributed by atoms with Crippen molar-refractivity contribution in [3.63, 3.8) is 0 Å². The SMILES string of the molecule is COc1ccccc1N(c1nc(-c2ccc(C)cc2)cs1)C(C)C(=O)NC(C)C. The number of amides is 1. The second kappa shape index (κ2) is 9.09. The quantitative estimate of drug-likeness (QED) is 0.584. The van der Waals surface area contributed by atoms with Crippen LogP contribution < -0.4 is 15.0 Å². The molecule has 1 unspecified atom stereocenters. The number of aromatic nitrogens is 1. The van der Waals surface area contributed by atoms with E-state index in [1.807, 2.05) is 55.3 Å². The Balaban J connectivity index is 2.03. The van der Waals surface area contributed by atoms with Gasteiger partial charge in [0.25, 0.3) is 0 Å². The number of ether oxygens (including phenoxy) is 1. The van der Waals surface area contributed by atoms with Crippen molar-refractivity contribution in [2.45, 2.75) is 39.8 Å². The maximum Gasteiger partial charge on any atom is 0.243 e. The van der Waals surface area contributed by atoms with Crippen LogP contribution in [0.2, 0.25) is 0 Å². The van der Waals surface area contributed by atoms with E-state index in [4.69, 9.17) is 9.72 Å². The number of aryl methyl sites for hydroxylation is 1. The molecule has 1 aromatic heterocycles. The second-order valence-corrected chi connectivity index (χ2v) is 8.10. The van der Waals surface area contributed by atoms with Gasteiger partial charge in [0.2, 0.25) is 5.91 Å². The van der Waals surface area contributed by atoms with Crippen molar-refractivity contribution in [1.29, 1.82) is 0 Å². The summed E-state index contributed by atoms with van der Waals surface area (Å²) in [6.07, 6.45) is 0. The number of carbonyl (C=O) groups excluding carboxylic acids is 1. The van der Waals surface area contributed by atoms with Crippen LogP contribution in [0.1, 0.15) is 26.3 Å². The average Bonchev–Trinajstić information content (AvgIpc) is 3.18. The molecule has 0 saturated carbocycles. The molecule has 0 aliphatic rings. The zero-order valence-electron chi connectivity index (χ0n) is 17.5. The summed E-state index contributed by atoms with van der Waals surface area (Å²) >= 11 is 1.51. The first-order chi connectivity index (χ1) is 13.9. The van der Waals surface area contributed by atoms with Crippen molar-refractivity contribution in [2.75, 3.05) is 12.0 Å². The number of thiazole rings is 1. The van der Waals surface area contributed by atoms with Gasteiger partial charge >= 0.3 is 0 Å². The highest BCUT2D eigenvalue weighted by molar-refractivity contribution is 7.14. The Morgan fingerprint density at radius 2 is 1.79 bits per heavy atom. The van der Waals surface area contributed by atoms with Crippen LogP contribution in [0, 0.1) is 6.92 Å². The van der Waals surface area contributed by atoms with Crippen molar-refractivity contribution in [2.24, 2.45) is 0 Å². The van der Waals surface area contributed by atoms with E-state index in [1.165, 1.54) is 16.9 Å². The van der Waals surface area contributed by atoms with E-state index < -0.39 is 6.04 Å². The summed E-state index contributed by atoms with van der Waals surface area (Å²) in [5, 5.41) is 5.77. The molecule has 1 N–H and O–H groups in total. The van der Waals surface area contributed by atoms with Crippen LogP contribution in [0.15, 0.2) is 53.9 Å². The predicted molar refractivity (Wildman–Crippen MR) is 120 cm³/mol. The molecule has 0 fully saturated rings. The first kappa shape index (κ1) is 20.9. The van der Waals surface area contributed by atoms with Gasteiger partial charge in [-0.3, -0.25) is 4.79 Å². The molecule has 5 nitrogen and oxygen atoms in total. The topological polar surface area (TPSA) is 54.5 Å². The molecule has 29 heavy (non-hydrogen) atoms. The van der Waals surface area contributed by atoms with E-state index in [2.05, 4.69) is 36.5 Å². The minimum Gasteiger partial charge on any atom is -0.495 e. The zero-order valence-corrected chi connectivity index (χ0v) is 18.3. The molecule has 0 aliphatic carbocycles. The summed E-state index contributed by atoms with van der Waals surface area (Å²) in [5.41, 5.74) is 3.96. The molecule has 1 atom stereocenters. The average molecular weight is 410 g/mol. The molecule has 0 radical (unpaired) electrons. The molecule has 0 spiro atoms. The van der Waals surface area contributed by atoms with E-state index in [0.29, 0.717) is 5.75 Å². The van der Waals surface area contributed by atoms with Gasteiger partial charge in [0.1, 0.15) is 11.8 Å². The number of methoxy groups -OCH3 is 1. The Morgan fingerprint density at radius 3 is 2.45 bits per heavy atom. The van der Waals surface area contributed by atoms with Gasteiger partial charge in [-0.25, -0.2) is 4.98 Å². The van der Waals surface area contributed by atoms with Crippen LogP contribution in [0.5, 0.6) is 5.75 Å². The monoisotopic (exact) mass is 409 g/mol. The van der Waals surface area contributed by atoms with Crippen LogP contribution in [-0.2, 0) is 4.79 Å². The number of carbonyl (C=O) groups is 1. The third kappa shape index (κ3) is 4.77. The van der Waals surface area contributed by atoms with Gasteiger partial charge in [-0.1, -0.05) is 42.0 Å². The molecule has 3 rings (SSSR count). The van der Waals surface area contributed by atoms with E-state index in [0.717, 1.165) is 22.1 Å². The maximum absolute atomic E-state index is 12.8. The lowest BCUT2D eigenvalue weighted by Crippen LogP contribution is -2.45. The summed E-state index contributed by atoms with van der Waals surface area (Å²) in [7, 11) is 1.63. The number of nitrogens with zero attached hydrogens (tertiary/aromatic N) is 2. The fourth-order valence-corrected chi connectivity index (χ4v) is 3.99. The number of hydrogen-bond donors (Lipinski definition) is 1. The molecule has 1 heterocycles. The predicted octanol–water partition coefficient (Wildman–Crippen LogP) is 5.18. The smallest absolute Gasteiger partial charge is 0.243 e. The van der Waals surface area contributed by atoms with E-state index in [1.54, 1.807) is 7.11 Å². The lowest BCUT2D eigenvalue weighted by molar-refractivity contribution is -0.122. The molecule has 0 bridgehead atoms. The third-order valence-electron chi connectivity index (χ3n) is 4.59. The zero-order chi connectivity index (χ0) is 21.0. The summed E-state index contributed by atoms with van der Waals surface area (Å²) in [4.78, 5) is 19.6. The molecular weight excluding hydrogens is 382 g/mol. The van der Waals surface area contributed by atoms with E-state index >= 15 is 0 Å². The van der Waals surface area contributed by atoms with Crippen molar-refractivity contribution in [3.8, 4) is 17.0 Å². The van der Waals surface area contributed by atoms with Gasteiger partial charge in [0.15, 0.2) is 5.13 Å². The Morgan fingerprint density at radius 1 is 1.10 bits per heavy atom. The Kier molecular flexibility index (Phi) is 6.54. The Labute approximate surface area is 176 Å². The fraction of sp³-hybridized carbons (Fsp3) is 0.304. The fourth-order valence-electron chi connectivity index (χ4n) is 3.06. The molecule has 0 aliphatic heterocycles. The summed E-state index contributed by atoms with van der Waals surface area (Å²) in [6, 6.07) is 15.6. The highest BCUT2D eigenvalue weighted by Gasteiger charge is 2.28. The van der Waals surface area contributed by atoms with Gasteiger partial charge in [-0.15, -0.1) is 11.3 Å². The molecule has 0 saturated heterocycles. The normalized spacial score (nSPS) is 11.9. The lowest BCUT2D eigenvalue weighted by atomic mass is 10.1. The van der Waals surface area contributed by atoms with Crippen molar-refractivity contribution in [3.05, 3.63) is 59.5 Å². The minimum atomic E-state index is -0.453. The van der Waals surface area contributed by atoms with Crippen molar-refractivity contribution >= 4 is 28.1 Å². The van der Waals surface area contributed by atoms with Gasteiger partial charge in [-0.2, -0.15) is 0 Å². The summed E-state index contributed by atoms with van der Waals surface area (Å²) in [5.74, 6) is 0.641. The van der Waals surface area contributed by atoms with Crippen LogP contribution in [0.4, 0.5) is 10.8 Å². The minimum absolute atomic E-state index is 0.0574. The third-order valence-corrected chi connectivity index (χ3v) is 5.43. The summed E-state index contributed by atoms with van der Waals surface area (Å²) in [6.45, 7) is 7.86. The summed E-state index contributed by atoms with van der Waals surface area (Å²) < 4.78 is 5.57. The van der Waals surface area contributed by atoms with E-state index in [-0.39, 0.29) is 11.9 Å². The first-order valence-electron chi connectivity index (χ1n) is 9.66. The highest BCUT2D eigenvalue weighted by atomic mass is 32.1. The van der Waals surface area contributed by atoms with Gasteiger partial charge < -0.3 is 15.0 Å². The van der Waals surface area contributed by atoms with Crippen LogP contribution in [0.25, 0.3) is 11.3 Å². The number of nitrogens with one attached hydrogen (secondary N) is 1. The van der Waals surface area contributed by atoms with Gasteiger partial charge in [0.05, 0.1) is 18.5 Å². The maximum atomic E-state index is 12.8. The Hall–Kier alpha value is -2.86. The van der Waals surface area contributed by atoms with Crippen LogP contribution >= 0.6 is 11.3 Å². The van der Waals surface area contributed by atoms with Gasteiger partial charge in [0, 0.05) is 17.0 Å². The number of benzene rings is 2. The Bertz CT molecular complexity index is 966. The van der Waals surface area contributed by atoms with Crippen molar-refractivity contribution in [1.82, 2.24) is 10.3 Å². The number of anilines is 2. The molecule has 6 heteroatoms.